The number of hydrogen-bond acceptors (Lipinski definition) is 3. The van der Waals surface area contributed by atoms with Crippen LogP contribution in [-0.2, 0) is 4.46 Å². The van der Waals surface area contributed by atoms with Crippen molar-refractivity contribution in [2.45, 2.75) is 0 Å². The normalized spacial score (nSPS) is 1.85. The summed E-state index contributed by atoms with van der Waals surface area (Å²) in [6.45, 7) is 0. The first-order valence-electron chi connectivity index (χ1n) is 0.612. The maximum atomic E-state index is 8.52. The van der Waals surface area contributed by atoms with E-state index in [-0.39, 0.29) is 73.4 Å². The van der Waals surface area contributed by atoms with Crippen molar-refractivity contribution in [1.82, 2.24) is 0 Å². The van der Waals surface area contributed by atoms with Gasteiger partial charge in [-0.3, -0.25) is 0 Å². The monoisotopic (exact) mass is 243 g/mol. The molecule has 0 unspecified atom stereocenters. The molecule has 13 heteroatoms. The minimum Gasteiger partial charge on any atom is -0.672 e. The smallest absolute Gasteiger partial charge is 0.672 e. The van der Waals surface area contributed by atoms with Crippen LogP contribution < -0.4 is 39.1 Å². The van der Waals surface area contributed by atoms with Crippen LogP contribution in [0, 0.1) is 0 Å². The molecule has 11 nitrogen and oxygen atoms in total. The molecule has 0 aliphatic rings. The summed E-state index contributed by atoms with van der Waals surface area (Å²) in [5, 5.41) is 0. The van der Waals surface area contributed by atoms with Gasteiger partial charge in [0.25, 0.3) is 0 Å². The Labute approximate surface area is 96.7 Å². The second-order valence-corrected chi connectivity index (χ2v) is 0.750. The quantitative estimate of drug-likeness (QED) is 0.374. The molecular formula is H16NaO11Si-. The van der Waals surface area contributed by atoms with Crippen LogP contribution in [0.2, 0.25) is 0 Å². The Bertz CT molecular complexity index is 33.1. The summed E-state index contributed by atoms with van der Waals surface area (Å²) in [4.78, 5) is 17.0. The Morgan fingerprint density at radius 2 is 0.615 bits per heavy atom. The van der Waals surface area contributed by atoms with Crippen LogP contribution in [0.3, 0.4) is 0 Å². The molecule has 0 amide bonds. The standard InChI is InChI=1S/Na.O3Si.8H2O/c;1-4(2)3;;;;;;;;/h;;8*1H2/q+1;-2;;;;;;;;. The predicted octanol–water partition coefficient (Wildman–Crippen LogP) is -12.5. The van der Waals surface area contributed by atoms with Gasteiger partial charge in [0, 0.05) is 9.17 Å². The Kier molecular flexibility index (Phi) is 2050. The molecule has 0 saturated carbocycles. The van der Waals surface area contributed by atoms with Crippen LogP contribution in [0.25, 0.3) is 0 Å². The first kappa shape index (κ1) is 185. The average molecular weight is 243 g/mol. The summed E-state index contributed by atoms with van der Waals surface area (Å²) in [5.74, 6) is 0. The van der Waals surface area contributed by atoms with Gasteiger partial charge in [-0.1, -0.05) is 0 Å². The minimum atomic E-state index is -3.63. The van der Waals surface area contributed by atoms with Crippen molar-refractivity contribution in [2.24, 2.45) is 0 Å². The molecule has 0 radical (unpaired) electrons. The molecule has 16 N–H and O–H groups in total. The van der Waals surface area contributed by atoms with Crippen LogP contribution in [-0.4, -0.2) is 53.0 Å². The molecule has 0 aliphatic heterocycles. The van der Waals surface area contributed by atoms with E-state index in [2.05, 4.69) is 0 Å². The van der Waals surface area contributed by atoms with Crippen molar-refractivity contribution in [3.05, 3.63) is 0 Å². The van der Waals surface area contributed by atoms with E-state index < -0.39 is 9.17 Å². The molecule has 0 atom stereocenters. The molecule has 0 heterocycles. The summed E-state index contributed by atoms with van der Waals surface area (Å²) in [5.41, 5.74) is 0. The van der Waals surface area contributed by atoms with Gasteiger partial charge in [-0.25, -0.2) is 0 Å². The van der Waals surface area contributed by atoms with E-state index in [1.807, 2.05) is 0 Å². The van der Waals surface area contributed by atoms with Gasteiger partial charge in [0.15, 0.2) is 0 Å². The predicted molar refractivity (Wildman–Crippen MR) is 35.4 cm³/mol. The van der Waals surface area contributed by atoms with E-state index in [0.29, 0.717) is 0 Å². The summed E-state index contributed by atoms with van der Waals surface area (Å²) >= 11 is 0. The molecule has 0 aliphatic carbocycles. The van der Waals surface area contributed by atoms with E-state index in [9.17, 15) is 0 Å². The summed E-state index contributed by atoms with van der Waals surface area (Å²) < 4.78 is 8.52. The van der Waals surface area contributed by atoms with Crippen molar-refractivity contribution in [3.8, 4) is 0 Å². The summed E-state index contributed by atoms with van der Waals surface area (Å²) in [6.07, 6.45) is 0. The third-order valence-corrected chi connectivity index (χ3v) is 0. The van der Waals surface area contributed by atoms with Crippen molar-refractivity contribution in [1.29, 1.82) is 0 Å². The van der Waals surface area contributed by atoms with Crippen molar-refractivity contribution < 1.29 is 87.4 Å². The summed E-state index contributed by atoms with van der Waals surface area (Å²) in [6, 6.07) is 0. The Morgan fingerprint density at radius 1 is 0.615 bits per heavy atom. The van der Waals surface area contributed by atoms with E-state index in [1.54, 1.807) is 0 Å². The van der Waals surface area contributed by atoms with Crippen LogP contribution in [0.4, 0.5) is 0 Å². The van der Waals surface area contributed by atoms with Crippen LogP contribution in [0.1, 0.15) is 0 Å². The Morgan fingerprint density at radius 3 is 0.615 bits per heavy atom. The molecule has 0 rings (SSSR count). The molecule has 0 bridgehead atoms. The van der Waals surface area contributed by atoms with E-state index in [1.165, 1.54) is 0 Å². The fourth-order valence-electron chi connectivity index (χ4n) is 0. The molecule has 0 aromatic carbocycles. The van der Waals surface area contributed by atoms with Crippen LogP contribution in [0.15, 0.2) is 0 Å². The molecule has 0 saturated heterocycles. The van der Waals surface area contributed by atoms with E-state index in [4.69, 9.17) is 14.1 Å². The second kappa shape index (κ2) is 144. The zero-order chi connectivity index (χ0) is 3.58. The van der Waals surface area contributed by atoms with Gasteiger partial charge < -0.3 is 57.9 Å². The topological polar surface area (TPSA) is 315 Å². The first-order valence-corrected chi connectivity index (χ1v) is 1.84. The van der Waals surface area contributed by atoms with Crippen molar-refractivity contribution in [3.63, 3.8) is 0 Å². The largest absolute Gasteiger partial charge is 1.00 e. The molecule has 0 spiro atoms. The molecule has 0 aromatic rings. The fraction of sp³-hybridized carbons (Fsp3) is 0. The molecular weight excluding hydrogens is 227 g/mol. The molecule has 13 heavy (non-hydrogen) atoms. The fourth-order valence-corrected chi connectivity index (χ4v) is 0. The average Bonchev–Trinajstić information content (AvgIpc) is 0.811. The van der Waals surface area contributed by atoms with Crippen molar-refractivity contribution >= 4 is 9.17 Å². The van der Waals surface area contributed by atoms with E-state index in [0.717, 1.165) is 0 Å². The van der Waals surface area contributed by atoms with Gasteiger partial charge in [-0.2, -0.15) is 0 Å². The van der Waals surface area contributed by atoms with Crippen LogP contribution in [0.5, 0.6) is 0 Å². The second-order valence-electron chi connectivity index (χ2n) is 0.250. The molecule has 88 valence electrons. The van der Waals surface area contributed by atoms with E-state index >= 15 is 0 Å². The Balaban J connectivity index is -0.00000000125. The van der Waals surface area contributed by atoms with Gasteiger partial charge in [0.05, 0.1) is 0 Å². The van der Waals surface area contributed by atoms with Crippen molar-refractivity contribution in [2.75, 3.05) is 0 Å². The van der Waals surface area contributed by atoms with Crippen LogP contribution >= 0.6 is 0 Å². The van der Waals surface area contributed by atoms with Gasteiger partial charge in [0.2, 0.25) is 0 Å². The zero-order valence-corrected chi connectivity index (χ0v) is 9.72. The minimum absolute atomic E-state index is 0. The zero-order valence-electron chi connectivity index (χ0n) is 6.72. The molecule has 0 aromatic heterocycles. The Hall–Kier alpha value is 0.297. The maximum absolute atomic E-state index is 8.52. The first-order chi connectivity index (χ1) is 1.73. The van der Waals surface area contributed by atoms with Gasteiger partial charge in [0.1, 0.15) is 0 Å². The molecule has 0 fully saturated rings. The SMILES string of the molecule is O.O.O.O.O.O.O.O.O=[Si]([O-])[O-].[Na+]. The van der Waals surface area contributed by atoms with Gasteiger partial charge in [-0.15, -0.1) is 0 Å². The number of hydrogen-bond donors (Lipinski definition) is 0. The van der Waals surface area contributed by atoms with Gasteiger partial charge in [-0.05, 0) is 0 Å². The summed E-state index contributed by atoms with van der Waals surface area (Å²) in [7, 11) is -3.63. The third kappa shape index (κ3) is 14800. The van der Waals surface area contributed by atoms with Gasteiger partial charge >= 0.3 is 29.6 Å². The number of rotatable bonds is 0. The third-order valence-electron chi connectivity index (χ3n) is 0. The maximum Gasteiger partial charge on any atom is 1.00 e.